The normalized spacial score (nSPS) is 12.7. The molecule has 1 aliphatic carbocycles. The minimum absolute atomic E-state index is 0.218. The molecule has 1 aromatic carbocycles. The second-order valence-electron chi connectivity index (χ2n) is 7.81. The number of anilines is 1. The smallest absolute Gasteiger partial charge is 0.262 e. The minimum Gasteiger partial charge on any atom is -0.493 e. The van der Waals surface area contributed by atoms with Gasteiger partial charge in [0.05, 0.1) is 39.6 Å². The predicted octanol–water partition coefficient (Wildman–Crippen LogP) is 2.12. The number of methoxy groups -OCH3 is 3. The lowest BCUT2D eigenvalue weighted by Crippen LogP contribution is -2.37. The van der Waals surface area contributed by atoms with Crippen molar-refractivity contribution in [2.75, 3.05) is 33.2 Å². The summed E-state index contributed by atoms with van der Waals surface area (Å²) in [6.45, 7) is -0.488. The van der Waals surface area contributed by atoms with E-state index in [0.29, 0.717) is 28.3 Å². The van der Waals surface area contributed by atoms with Crippen molar-refractivity contribution in [2.24, 2.45) is 0 Å². The summed E-state index contributed by atoms with van der Waals surface area (Å²) in [6, 6.07) is 3.17. The molecule has 0 saturated heterocycles. The molecule has 0 unspecified atom stereocenters. The van der Waals surface area contributed by atoms with Gasteiger partial charge in [0.25, 0.3) is 5.56 Å². The molecule has 0 spiro atoms. The van der Waals surface area contributed by atoms with Gasteiger partial charge in [0.15, 0.2) is 11.5 Å². The molecule has 0 bridgehead atoms. The number of fused-ring (bicyclic) bond motifs is 3. The van der Waals surface area contributed by atoms with E-state index in [1.807, 2.05) is 0 Å². The summed E-state index contributed by atoms with van der Waals surface area (Å²) in [6.07, 6.45) is 5.40. The van der Waals surface area contributed by atoms with Crippen LogP contribution in [0.25, 0.3) is 10.2 Å². The Morgan fingerprint density at radius 3 is 2.44 bits per heavy atom. The Balaban J connectivity index is 1.40. The first-order valence-electron chi connectivity index (χ1n) is 10.8. The molecule has 11 heteroatoms. The van der Waals surface area contributed by atoms with Gasteiger partial charge in [-0.25, -0.2) is 4.98 Å². The van der Waals surface area contributed by atoms with Gasteiger partial charge in [-0.05, 0) is 31.2 Å². The van der Waals surface area contributed by atoms with E-state index in [4.69, 9.17) is 14.2 Å². The zero-order valence-corrected chi connectivity index (χ0v) is 20.0. The average Bonchev–Trinajstić information content (AvgIpc) is 3.23. The number of rotatable bonds is 8. The number of carbonyl (C=O) groups is 2. The molecule has 4 rings (SSSR count). The van der Waals surface area contributed by atoms with Crippen molar-refractivity contribution in [1.29, 1.82) is 0 Å². The quantitative estimate of drug-likeness (QED) is 0.500. The fourth-order valence-corrected chi connectivity index (χ4v) is 5.26. The number of aryl methyl sites for hydroxylation is 2. The van der Waals surface area contributed by atoms with Crippen molar-refractivity contribution in [3.05, 3.63) is 39.3 Å². The zero-order chi connectivity index (χ0) is 24.2. The van der Waals surface area contributed by atoms with Gasteiger partial charge in [-0.15, -0.1) is 11.3 Å². The molecule has 1 aliphatic rings. The SMILES string of the molecule is COc1cc(NC(=O)CNC(=O)Cn2cnc3sc4c(c3c2=O)CCCC4)cc(OC)c1OC. The van der Waals surface area contributed by atoms with Crippen molar-refractivity contribution >= 4 is 39.1 Å². The first kappa shape index (κ1) is 23.6. The van der Waals surface area contributed by atoms with Gasteiger partial charge < -0.3 is 24.8 Å². The van der Waals surface area contributed by atoms with E-state index < -0.39 is 11.8 Å². The van der Waals surface area contributed by atoms with Crippen LogP contribution in [0.5, 0.6) is 17.2 Å². The van der Waals surface area contributed by atoms with Crippen LogP contribution in [-0.4, -0.2) is 49.2 Å². The van der Waals surface area contributed by atoms with Crippen LogP contribution in [0.1, 0.15) is 23.3 Å². The van der Waals surface area contributed by atoms with Crippen LogP contribution in [0.4, 0.5) is 5.69 Å². The number of hydrogen-bond acceptors (Lipinski definition) is 8. The van der Waals surface area contributed by atoms with Gasteiger partial charge >= 0.3 is 0 Å². The maximum absolute atomic E-state index is 13.0. The Hall–Kier alpha value is -3.60. The summed E-state index contributed by atoms with van der Waals surface area (Å²) in [5.74, 6) is 0.264. The third-order valence-electron chi connectivity index (χ3n) is 5.65. The zero-order valence-electron chi connectivity index (χ0n) is 19.2. The lowest BCUT2D eigenvalue weighted by atomic mass is 9.97. The maximum atomic E-state index is 13.0. The number of aromatic nitrogens is 2. The van der Waals surface area contributed by atoms with Gasteiger partial charge in [0.1, 0.15) is 11.4 Å². The second kappa shape index (κ2) is 10.1. The van der Waals surface area contributed by atoms with Crippen LogP contribution in [-0.2, 0) is 29.0 Å². The highest BCUT2D eigenvalue weighted by Crippen LogP contribution is 2.40. The maximum Gasteiger partial charge on any atom is 0.262 e. The summed E-state index contributed by atoms with van der Waals surface area (Å²) in [5.41, 5.74) is 1.27. The number of ether oxygens (including phenoxy) is 3. The third-order valence-corrected chi connectivity index (χ3v) is 6.85. The third kappa shape index (κ3) is 4.69. The Bertz CT molecular complexity index is 1270. The fourth-order valence-electron chi connectivity index (χ4n) is 4.04. The second-order valence-corrected chi connectivity index (χ2v) is 8.89. The summed E-state index contributed by atoms with van der Waals surface area (Å²) in [4.78, 5) is 44.1. The molecule has 10 nitrogen and oxygen atoms in total. The standard InChI is InChI=1S/C23H26N4O6S/c1-31-15-8-13(9-16(32-2)21(15)33-3)26-18(28)10-24-19(29)11-27-12-25-22-20(23(27)30)14-6-4-5-7-17(14)34-22/h8-9,12H,4-7,10-11H2,1-3H3,(H,24,29)(H,26,28). The molecule has 0 fully saturated rings. The van der Waals surface area contributed by atoms with Crippen LogP contribution in [0.2, 0.25) is 0 Å². The number of amides is 2. The molecule has 0 radical (unpaired) electrons. The average molecular weight is 487 g/mol. The molecule has 2 heterocycles. The van der Waals surface area contributed by atoms with Crippen molar-refractivity contribution in [3.8, 4) is 17.2 Å². The number of nitrogens with zero attached hydrogens (tertiary/aromatic N) is 2. The summed E-state index contributed by atoms with van der Waals surface area (Å²) >= 11 is 1.56. The van der Waals surface area contributed by atoms with Crippen LogP contribution >= 0.6 is 11.3 Å². The molecular weight excluding hydrogens is 460 g/mol. The number of hydrogen-bond donors (Lipinski definition) is 2. The fraction of sp³-hybridized carbons (Fsp3) is 0.391. The monoisotopic (exact) mass is 486 g/mol. The molecule has 180 valence electrons. The van der Waals surface area contributed by atoms with Crippen molar-refractivity contribution in [1.82, 2.24) is 14.9 Å². The summed E-state index contributed by atoms with van der Waals surface area (Å²) in [5, 5.41) is 5.84. The number of thiophene rings is 1. The summed E-state index contributed by atoms with van der Waals surface area (Å²) in [7, 11) is 4.44. The van der Waals surface area contributed by atoms with E-state index in [2.05, 4.69) is 15.6 Å². The van der Waals surface area contributed by atoms with Gasteiger partial charge in [-0.2, -0.15) is 0 Å². The van der Waals surface area contributed by atoms with Crippen molar-refractivity contribution < 1.29 is 23.8 Å². The van der Waals surface area contributed by atoms with E-state index in [0.717, 1.165) is 36.1 Å². The van der Waals surface area contributed by atoms with Gasteiger partial charge in [0, 0.05) is 22.7 Å². The lowest BCUT2D eigenvalue weighted by Gasteiger charge is -2.14. The Morgan fingerprint density at radius 1 is 1.06 bits per heavy atom. The highest BCUT2D eigenvalue weighted by Gasteiger charge is 2.21. The Labute approximate surface area is 199 Å². The van der Waals surface area contributed by atoms with E-state index in [-0.39, 0.29) is 18.6 Å². The molecule has 0 saturated carbocycles. The first-order valence-corrected chi connectivity index (χ1v) is 11.6. The molecule has 2 aromatic heterocycles. The topological polar surface area (TPSA) is 121 Å². The molecule has 0 atom stereocenters. The molecule has 0 aliphatic heterocycles. The minimum atomic E-state index is -0.465. The summed E-state index contributed by atoms with van der Waals surface area (Å²) < 4.78 is 17.1. The lowest BCUT2D eigenvalue weighted by molar-refractivity contribution is -0.124. The van der Waals surface area contributed by atoms with Crippen molar-refractivity contribution in [3.63, 3.8) is 0 Å². The highest BCUT2D eigenvalue weighted by molar-refractivity contribution is 7.18. The van der Waals surface area contributed by atoms with Crippen LogP contribution in [0.3, 0.4) is 0 Å². The molecule has 3 aromatic rings. The van der Waals surface area contributed by atoms with Gasteiger partial charge in [0.2, 0.25) is 17.6 Å². The van der Waals surface area contributed by atoms with Crippen molar-refractivity contribution in [2.45, 2.75) is 32.2 Å². The number of benzene rings is 1. The first-order chi connectivity index (χ1) is 16.4. The van der Waals surface area contributed by atoms with Crippen LogP contribution < -0.4 is 30.4 Å². The van der Waals surface area contributed by atoms with E-state index in [1.54, 1.807) is 23.5 Å². The van der Waals surface area contributed by atoms with E-state index in [1.165, 1.54) is 37.1 Å². The Kier molecular flexibility index (Phi) is 7.01. The molecule has 2 amide bonds. The van der Waals surface area contributed by atoms with Crippen LogP contribution in [0, 0.1) is 0 Å². The van der Waals surface area contributed by atoms with E-state index in [9.17, 15) is 14.4 Å². The van der Waals surface area contributed by atoms with Gasteiger partial charge in [-0.1, -0.05) is 0 Å². The van der Waals surface area contributed by atoms with Gasteiger partial charge in [-0.3, -0.25) is 19.0 Å². The number of nitrogens with one attached hydrogen (secondary N) is 2. The largest absolute Gasteiger partial charge is 0.493 e. The Morgan fingerprint density at radius 2 is 1.76 bits per heavy atom. The predicted molar refractivity (Wildman–Crippen MR) is 128 cm³/mol. The molecular formula is C23H26N4O6S. The van der Waals surface area contributed by atoms with Crippen LogP contribution in [0.15, 0.2) is 23.3 Å². The number of carbonyl (C=O) groups excluding carboxylic acids is 2. The molecule has 2 N–H and O–H groups in total. The van der Waals surface area contributed by atoms with E-state index >= 15 is 0 Å². The highest BCUT2D eigenvalue weighted by atomic mass is 32.1. The molecule has 34 heavy (non-hydrogen) atoms.